The van der Waals surface area contributed by atoms with Crippen LogP contribution in [0.5, 0.6) is 0 Å². The number of rotatable bonds is 4. The number of anilines is 1. The Kier molecular flexibility index (Phi) is 4.59. The van der Waals surface area contributed by atoms with E-state index in [1.807, 2.05) is 48.5 Å². The van der Waals surface area contributed by atoms with Gasteiger partial charge < -0.3 is 9.84 Å². The first-order valence-electron chi connectivity index (χ1n) is 8.92. The molecule has 29 heavy (non-hydrogen) atoms. The molecule has 146 valence electrons. The number of hydrogen-bond donors (Lipinski definition) is 3. The van der Waals surface area contributed by atoms with E-state index in [0.717, 1.165) is 22.3 Å². The van der Waals surface area contributed by atoms with Crippen LogP contribution >= 0.6 is 0 Å². The molecule has 0 unspecified atom stereocenters. The number of nitrogens with one attached hydrogen (secondary N) is 2. The second-order valence-electron chi connectivity index (χ2n) is 6.63. The van der Waals surface area contributed by atoms with E-state index in [9.17, 15) is 14.4 Å². The van der Waals surface area contributed by atoms with Crippen molar-refractivity contribution in [1.82, 2.24) is 9.97 Å². The number of aromatic carboxylic acids is 1. The number of fused-ring (bicyclic) bond motifs is 3. The number of carboxylic acid groups (broad SMARTS) is 1. The van der Waals surface area contributed by atoms with Crippen molar-refractivity contribution in [1.29, 1.82) is 0 Å². The molecule has 0 radical (unpaired) electrons. The minimum Gasteiger partial charge on any atom is -0.477 e. The first kappa shape index (κ1) is 18.4. The molecular formula is C21H17N3O5. The molecule has 8 nitrogen and oxygen atoms in total. The van der Waals surface area contributed by atoms with Crippen LogP contribution in [0.4, 0.5) is 10.7 Å². The lowest BCUT2D eigenvalue weighted by atomic mass is 9.98. The molecule has 1 aliphatic rings. The molecule has 0 saturated carbocycles. The fourth-order valence-electron chi connectivity index (χ4n) is 3.63. The maximum Gasteiger partial charge on any atom is 0.414 e. The number of nitrogens with zero attached hydrogens (tertiary/aromatic N) is 1. The van der Waals surface area contributed by atoms with Gasteiger partial charge in [0.2, 0.25) is 5.95 Å². The standard InChI is InChI=1S/C21H17N3O5/c1-11-17(19(26)27)18(25)23-20(22-11)24-21(28)29-10-16-14-8-4-2-6-12(14)13-7-3-5-9-15(13)16/h2-9,16H,10H2,1H3,(H,26,27)(H2,22,23,24,25,28). The molecule has 0 fully saturated rings. The SMILES string of the molecule is Cc1nc(NC(=O)OCC2c3ccccc3-c3ccccc32)[nH]c(=O)c1C(=O)O. The molecule has 1 amide bonds. The highest BCUT2D eigenvalue weighted by atomic mass is 16.5. The summed E-state index contributed by atoms with van der Waals surface area (Å²) in [6.45, 7) is 1.48. The fraction of sp³-hybridized carbons (Fsp3) is 0.143. The Morgan fingerprint density at radius 3 is 2.24 bits per heavy atom. The molecule has 3 N–H and O–H groups in total. The van der Waals surface area contributed by atoms with E-state index in [1.54, 1.807) is 0 Å². The van der Waals surface area contributed by atoms with Crippen molar-refractivity contribution in [2.24, 2.45) is 0 Å². The van der Waals surface area contributed by atoms with Crippen LogP contribution in [-0.4, -0.2) is 33.7 Å². The lowest BCUT2D eigenvalue weighted by Crippen LogP contribution is -2.25. The predicted molar refractivity (Wildman–Crippen MR) is 105 cm³/mol. The van der Waals surface area contributed by atoms with Crippen molar-refractivity contribution in [3.8, 4) is 11.1 Å². The van der Waals surface area contributed by atoms with Gasteiger partial charge >= 0.3 is 12.1 Å². The van der Waals surface area contributed by atoms with Crippen LogP contribution in [0.25, 0.3) is 11.1 Å². The fourth-order valence-corrected chi connectivity index (χ4v) is 3.63. The van der Waals surface area contributed by atoms with Crippen LogP contribution in [0.2, 0.25) is 0 Å². The second kappa shape index (κ2) is 7.23. The lowest BCUT2D eigenvalue weighted by Gasteiger charge is -2.14. The summed E-state index contributed by atoms with van der Waals surface area (Å²) in [7, 11) is 0. The van der Waals surface area contributed by atoms with Gasteiger partial charge in [0.15, 0.2) is 0 Å². The summed E-state index contributed by atoms with van der Waals surface area (Å²) < 4.78 is 5.37. The van der Waals surface area contributed by atoms with E-state index in [1.165, 1.54) is 6.92 Å². The first-order valence-corrected chi connectivity index (χ1v) is 8.92. The van der Waals surface area contributed by atoms with E-state index in [0.29, 0.717) is 0 Å². The molecule has 4 rings (SSSR count). The molecule has 1 aromatic heterocycles. The highest BCUT2D eigenvalue weighted by molar-refractivity contribution is 5.89. The molecule has 0 atom stereocenters. The van der Waals surface area contributed by atoms with Crippen molar-refractivity contribution >= 4 is 18.0 Å². The number of aromatic amines is 1. The van der Waals surface area contributed by atoms with Gasteiger partial charge in [-0.2, -0.15) is 0 Å². The molecule has 8 heteroatoms. The average molecular weight is 391 g/mol. The number of hydrogen-bond acceptors (Lipinski definition) is 5. The van der Waals surface area contributed by atoms with Gasteiger partial charge in [0, 0.05) is 5.92 Å². The van der Waals surface area contributed by atoms with Gasteiger partial charge in [0.25, 0.3) is 5.56 Å². The van der Waals surface area contributed by atoms with E-state index in [-0.39, 0.29) is 24.2 Å². The Balaban J connectivity index is 1.50. The topological polar surface area (TPSA) is 121 Å². The Morgan fingerprint density at radius 2 is 1.69 bits per heavy atom. The van der Waals surface area contributed by atoms with Gasteiger partial charge in [-0.05, 0) is 29.2 Å². The van der Waals surface area contributed by atoms with Gasteiger partial charge in [0.1, 0.15) is 12.2 Å². The van der Waals surface area contributed by atoms with Crippen LogP contribution in [0.3, 0.4) is 0 Å². The van der Waals surface area contributed by atoms with Crippen molar-refractivity contribution in [3.05, 3.63) is 81.3 Å². The summed E-state index contributed by atoms with van der Waals surface area (Å²) in [6.07, 6.45) is -0.794. The average Bonchev–Trinajstić information content (AvgIpc) is 2.99. The number of amides is 1. The molecule has 1 aliphatic carbocycles. The first-order chi connectivity index (χ1) is 14.0. The van der Waals surface area contributed by atoms with Crippen molar-refractivity contribution < 1.29 is 19.4 Å². The molecule has 0 spiro atoms. The Bertz CT molecular complexity index is 1140. The predicted octanol–water partition coefficient (Wildman–Crippen LogP) is 3.14. The van der Waals surface area contributed by atoms with Crippen molar-refractivity contribution in [3.63, 3.8) is 0 Å². The van der Waals surface area contributed by atoms with Crippen molar-refractivity contribution in [2.75, 3.05) is 11.9 Å². The zero-order chi connectivity index (χ0) is 20.5. The number of carbonyl (C=O) groups excluding carboxylic acids is 1. The quantitative estimate of drug-likeness (QED) is 0.628. The number of aromatic nitrogens is 2. The monoisotopic (exact) mass is 391 g/mol. The maximum absolute atomic E-state index is 12.2. The maximum atomic E-state index is 12.2. The summed E-state index contributed by atoms with van der Waals surface area (Å²) in [6, 6.07) is 15.9. The van der Waals surface area contributed by atoms with Crippen LogP contribution in [-0.2, 0) is 4.74 Å². The third kappa shape index (κ3) is 3.36. The number of benzene rings is 2. The van der Waals surface area contributed by atoms with Crippen LogP contribution in [0, 0.1) is 6.92 Å². The smallest absolute Gasteiger partial charge is 0.414 e. The van der Waals surface area contributed by atoms with Gasteiger partial charge in [-0.1, -0.05) is 48.5 Å². The van der Waals surface area contributed by atoms with Gasteiger partial charge in [-0.15, -0.1) is 0 Å². The number of carbonyl (C=O) groups is 2. The normalized spacial score (nSPS) is 12.2. The minimum absolute atomic E-state index is 0.00445. The number of ether oxygens (including phenoxy) is 1. The lowest BCUT2D eigenvalue weighted by molar-refractivity contribution is 0.0693. The molecule has 1 heterocycles. The van der Waals surface area contributed by atoms with Crippen LogP contribution < -0.4 is 10.9 Å². The van der Waals surface area contributed by atoms with Gasteiger partial charge in [0.05, 0.1) is 5.69 Å². The number of carboxylic acids is 1. The molecular weight excluding hydrogens is 374 g/mol. The van der Waals surface area contributed by atoms with E-state index in [4.69, 9.17) is 9.84 Å². The largest absolute Gasteiger partial charge is 0.477 e. The Morgan fingerprint density at radius 1 is 1.10 bits per heavy atom. The van der Waals surface area contributed by atoms with Crippen LogP contribution in [0.1, 0.15) is 33.1 Å². The van der Waals surface area contributed by atoms with Crippen molar-refractivity contribution in [2.45, 2.75) is 12.8 Å². The zero-order valence-corrected chi connectivity index (χ0v) is 15.4. The highest BCUT2D eigenvalue weighted by Crippen LogP contribution is 2.44. The van der Waals surface area contributed by atoms with E-state index >= 15 is 0 Å². The van der Waals surface area contributed by atoms with E-state index < -0.39 is 23.2 Å². The minimum atomic E-state index is -1.39. The third-order valence-corrected chi connectivity index (χ3v) is 4.88. The van der Waals surface area contributed by atoms with Crippen LogP contribution in [0.15, 0.2) is 53.3 Å². The van der Waals surface area contributed by atoms with E-state index in [2.05, 4.69) is 15.3 Å². The van der Waals surface area contributed by atoms with Gasteiger partial charge in [-0.25, -0.2) is 14.6 Å². The summed E-state index contributed by atoms with van der Waals surface area (Å²) >= 11 is 0. The summed E-state index contributed by atoms with van der Waals surface area (Å²) in [5.41, 5.74) is 3.06. The molecule has 2 aromatic carbocycles. The highest BCUT2D eigenvalue weighted by Gasteiger charge is 2.29. The Labute approximate surface area is 165 Å². The molecule has 0 bridgehead atoms. The van der Waals surface area contributed by atoms with Gasteiger partial charge in [-0.3, -0.25) is 15.1 Å². The third-order valence-electron chi connectivity index (χ3n) is 4.88. The number of aryl methyl sites for hydroxylation is 1. The molecule has 0 saturated heterocycles. The Hall–Kier alpha value is -3.94. The summed E-state index contributed by atoms with van der Waals surface area (Å²) in [4.78, 5) is 41.3. The molecule has 0 aliphatic heterocycles. The second-order valence-corrected chi connectivity index (χ2v) is 6.63. The summed E-state index contributed by atoms with van der Waals surface area (Å²) in [5, 5.41) is 11.4. The molecule has 3 aromatic rings. The zero-order valence-electron chi connectivity index (χ0n) is 15.4. The number of H-pyrrole nitrogens is 1. The summed E-state index contributed by atoms with van der Waals surface area (Å²) in [5.74, 6) is -1.66.